The van der Waals surface area contributed by atoms with Gasteiger partial charge in [-0.15, -0.1) is 0 Å². The molecule has 0 saturated carbocycles. The van der Waals surface area contributed by atoms with Crippen LogP contribution >= 0.6 is 15.9 Å². The van der Waals surface area contributed by atoms with Crippen LogP contribution in [0.15, 0.2) is 40.9 Å². The number of hydrogen-bond donors (Lipinski definition) is 1. The minimum atomic E-state index is -0.423. The number of rotatable bonds is 3. The van der Waals surface area contributed by atoms with Gasteiger partial charge in [0.1, 0.15) is 11.3 Å². The van der Waals surface area contributed by atoms with Gasteiger partial charge in [0.25, 0.3) is 0 Å². The summed E-state index contributed by atoms with van der Waals surface area (Å²) in [7, 11) is 4.85. The second-order valence-electron chi connectivity index (χ2n) is 5.95. The number of benzene rings is 2. The Balaban J connectivity index is 1.95. The molecule has 2 aromatic carbocycles. The third kappa shape index (κ3) is 2.55. The van der Waals surface area contributed by atoms with Crippen LogP contribution in [0.5, 0.6) is 5.75 Å². The van der Waals surface area contributed by atoms with E-state index in [1.54, 1.807) is 19.2 Å². The summed E-state index contributed by atoms with van der Waals surface area (Å²) < 4.78 is 13.3. The number of hydrogen-bond acceptors (Lipinski definition) is 4. The molecule has 132 valence electrons. The van der Waals surface area contributed by atoms with Crippen LogP contribution in [0.1, 0.15) is 10.4 Å². The molecule has 0 radical (unpaired) electrons. The van der Waals surface area contributed by atoms with E-state index in [4.69, 9.17) is 14.5 Å². The van der Waals surface area contributed by atoms with Crippen LogP contribution in [0, 0.1) is 0 Å². The zero-order valence-electron chi connectivity index (χ0n) is 14.5. The van der Waals surface area contributed by atoms with E-state index in [0.717, 1.165) is 32.4 Å². The van der Waals surface area contributed by atoms with Gasteiger partial charge in [-0.1, -0.05) is 22.0 Å². The maximum absolute atomic E-state index is 11.9. The molecule has 2 heterocycles. The predicted octanol–water partition coefficient (Wildman–Crippen LogP) is 4.28. The summed E-state index contributed by atoms with van der Waals surface area (Å²) in [6.07, 6.45) is 0. The van der Waals surface area contributed by atoms with Crippen molar-refractivity contribution in [3.63, 3.8) is 0 Å². The minimum Gasteiger partial charge on any atom is -0.494 e. The molecule has 26 heavy (non-hydrogen) atoms. The van der Waals surface area contributed by atoms with Crippen LogP contribution in [-0.2, 0) is 11.8 Å². The van der Waals surface area contributed by atoms with Crippen molar-refractivity contribution >= 4 is 43.8 Å². The van der Waals surface area contributed by atoms with Gasteiger partial charge in [-0.25, -0.2) is 9.78 Å². The number of fused-ring (bicyclic) bond motifs is 2. The van der Waals surface area contributed by atoms with Crippen molar-refractivity contribution in [2.75, 3.05) is 14.2 Å². The van der Waals surface area contributed by atoms with Gasteiger partial charge in [-0.05, 0) is 30.3 Å². The highest BCUT2D eigenvalue weighted by atomic mass is 79.9. The largest absolute Gasteiger partial charge is 0.494 e. The maximum atomic E-state index is 11.9. The molecule has 0 spiro atoms. The van der Waals surface area contributed by atoms with E-state index in [1.807, 2.05) is 29.8 Å². The first-order valence-electron chi connectivity index (χ1n) is 7.93. The number of aromatic nitrogens is 3. The molecule has 0 fully saturated rings. The van der Waals surface area contributed by atoms with E-state index < -0.39 is 5.97 Å². The van der Waals surface area contributed by atoms with Crippen LogP contribution in [0.2, 0.25) is 0 Å². The van der Waals surface area contributed by atoms with Gasteiger partial charge >= 0.3 is 5.97 Å². The Morgan fingerprint density at radius 1 is 1.19 bits per heavy atom. The topological polar surface area (TPSA) is 69.1 Å². The first-order valence-corrected chi connectivity index (χ1v) is 8.72. The summed E-state index contributed by atoms with van der Waals surface area (Å²) in [6.45, 7) is 0. The summed E-state index contributed by atoms with van der Waals surface area (Å²) in [5.41, 5.74) is 3.79. The lowest BCUT2D eigenvalue weighted by molar-refractivity contribution is 0.0600. The molecular formula is C19H16BrN3O3. The van der Waals surface area contributed by atoms with Crippen molar-refractivity contribution in [2.24, 2.45) is 7.05 Å². The number of aromatic amines is 1. The Morgan fingerprint density at radius 3 is 2.73 bits per heavy atom. The summed E-state index contributed by atoms with van der Waals surface area (Å²) in [5, 5.41) is 1.09. The van der Waals surface area contributed by atoms with Crippen molar-refractivity contribution < 1.29 is 14.3 Å². The van der Waals surface area contributed by atoms with Gasteiger partial charge in [0.15, 0.2) is 5.82 Å². The van der Waals surface area contributed by atoms with Crippen LogP contribution in [0.3, 0.4) is 0 Å². The van der Waals surface area contributed by atoms with Crippen molar-refractivity contribution in [1.82, 2.24) is 14.5 Å². The molecule has 0 atom stereocenters. The lowest BCUT2D eigenvalue weighted by atomic mass is 10.2. The number of carbonyl (C=O) groups excluding carboxylic acids is 1. The maximum Gasteiger partial charge on any atom is 0.338 e. The molecule has 0 amide bonds. The smallest absolute Gasteiger partial charge is 0.338 e. The Labute approximate surface area is 157 Å². The van der Waals surface area contributed by atoms with Crippen molar-refractivity contribution in [2.45, 2.75) is 0 Å². The standard InChI is InChI=1S/C19H16BrN3O3/c1-23-17-14(7-11(19(24)26-3)8-16(17)25-2)22-18(23)15-6-10-4-5-12(20)9-13(10)21-15/h4-9,21H,1-3H3. The molecule has 7 heteroatoms. The molecule has 0 aliphatic heterocycles. The summed E-state index contributed by atoms with van der Waals surface area (Å²) in [4.78, 5) is 20.0. The molecule has 6 nitrogen and oxygen atoms in total. The van der Waals surface area contributed by atoms with E-state index in [-0.39, 0.29) is 0 Å². The number of halogens is 1. The highest BCUT2D eigenvalue weighted by Crippen LogP contribution is 2.33. The third-order valence-electron chi connectivity index (χ3n) is 4.40. The molecule has 4 aromatic rings. The predicted molar refractivity (Wildman–Crippen MR) is 104 cm³/mol. The molecule has 0 saturated heterocycles. The normalized spacial score (nSPS) is 11.2. The van der Waals surface area contributed by atoms with E-state index in [2.05, 4.69) is 27.0 Å². The van der Waals surface area contributed by atoms with Crippen LogP contribution in [0.4, 0.5) is 0 Å². The van der Waals surface area contributed by atoms with Crippen molar-refractivity contribution in [1.29, 1.82) is 0 Å². The first kappa shape index (κ1) is 16.7. The van der Waals surface area contributed by atoms with Crippen LogP contribution < -0.4 is 4.74 Å². The van der Waals surface area contributed by atoms with E-state index in [9.17, 15) is 4.79 Å². The zero-order chi connectivity index (χ0) is 18.4. The fourth-order valence-corrected chi connectivity index (χ4v) is 3.52. The first-order chi connectivity index (χ1) is 12.5. The van der Waals surface area contributed by atoms with Gasteiger partial charge in [-0.3, -0.25) is 0 Å². The van der Waals surface area contributed by atoms with Crippen molar-refractivity contribution in [3.05, 3.63) is 46.4 Å². The van der Waals surface area contributed by atoms with Crippen LogP contribution in [0.25, 0.3) is 33.5 Å². The summed E-state index contributed by atoms with van der Waals surface area (Å²) >= 11 is 3.49. The average Bonchev–Trinajstić information content (AvgIpc) is 3.20. The Morgan fingerprint density at radius 2 is 2.00 bits per heavy atom. The van der Waals surface area contributed by atoms with E-state index in [0.29, 0.717) is 16.8 Å². The van der Waals surface area contributed by atoms with Gasteiger partial charge in [0, 0.05) is 22.4 Å². The number of aryl methyl sites for hydroxylation is 1. The highest BCUT2D eigenvalue weighted by Gasteiger charge is 2.19. The summed E-state index contributed by atoms with van der Waals surface area (Å²) in [6, 6.07) is 11.5. The fraction of sp³-hybridized carbons (Fsp3) is 0.158. The molecule has 0 aliphatic carbocycles. The molecule has 1 N–H and O–H groups in total. The molecule has 0 unspecified atom stereocenters. The highest BCUT2D eigenvalue weighted by molar-refractivity contribution is 9.10. The molecule has 0 aliphatic rings. The van der Waals surface area contributed by atoms with Gasteiger partial charge in [0.05, 0.1) is 31.0 Å². The number of H-pyrrole nitrogens is 1. The molecular weight excluding hydrogens is 398 g/mol. The Bertz CT molecular complexity index is 1160. The quantitative estimate of drug-likeness (QED) is 0.508. The second kappa shape index (κ2) is 6.17. The SMILES string of the molecule is COC(=O)c1cc(OC)c2c(c1)nc(-c1cc3ccc(Br)cc3[nH]1)n2C. The fourth-order valence-electron chi connectivity index (χ4n) is 3.16. The monoisotopic (exact) mass is 413 g/mol. The zero-order valence-corrected chi connectivity index (χ0v) is 16.0. The lowest BCUT2D eigenvalue weighted by Crippen LogP contribution is -2.02. The minimum absolute atomic E-state index is 0.405. The summed E-state index contributed by atoms with van der Waals surface area (Å²) in [5.74, 6) is 0.906. The Kier molecular flexibility index (Phi) is 3.96. The third-order valence-corrected chi connectivity index (χ3v) is 4.89. The number of nitrogens with zero attached hydrogens (tertiary/aromatic N) is 2. The van der Waals surface area contributed by atoms with E-state index in [1.165, 1.54) is 7.11 Å². The van der Waals surface area contributed by atoms with E-state index >= 15 is 0 Å². The van der Waals surface area contributed by atoms with Crippen molar-refractivity contribution in [3.8, 4) is 17.3 Å². The number of methoxy groups -OCH3 is 2. The molecule has 0 bridgehead atoms. The van der Waals surface area contributed by atoms with Gasteiger partial charge < -0.3 is 19.0 Å². The number of ether oxygens (including phenoxy) is 2. The Hall–Kier alpha value is -2.80. The number of imidazole rings is 1. The second-order valence-corrected chi connectivity index (χ2v) is 6.86. The van der Waals surface area contributed by atoms with Gasteiger partial charge in [0.2, 0.25) is 0 Å². The average molecular weight is 414 g/mol. The molecule has 2 aromatic heterocycles. The molecule has 4 rings (SSSR count). The number of nitrogens with one attached hydrogen (secondary N) is 1. The number of esters is 1. The van der Waals surface area contributed by atoms with Crippen LogP contribution in [-0.4, -0.2) is 34.7 Å². The number of carbonyl (C=O) groups is 1. The van der Waals surface area contributed by atoms with Gasteiger partial charge in [-0.2, -0.15) is 0 Å². The lowest BCUT2D eigenvalue weighted by Gasteiger charge is -2.07.